The summed E-state index contributed by atoms with van der Waals surface area (Å²) in [6.45, 7) is 3.93. The topological polar surface area (TPSA) is 44.4 Å². The van der Waals surface area contributed by atoms with Gasteiger partial charge in [-0.05, 0) is 62.5 Å². The van der Waals surface area contributed by atoms with Crippen molar-refractivity contribution in [3.63, 3.8) is 0 Å². The molecule has 4 nitrogen and oxygen atoms in total. The van der Waals surface area contributed by atoms with Crippen LogP contribution in [0.25, 0.3) is 0 Å². The lowest BCUT2D eigenvalue weighted by Gasteiger charge is -2.14. The highest BCUT2D eigenvalue weighted by Crippen LogP contribution is 2.15. The molecule has 2 aromatic carbocycles. The highest BCUT2D eigenvalue weighted by molar-refractivity contribution is 7.80. The third-order valence-electron chi connectivity index (χ3n) is 3.35. The number of carbonyl (C=O) groups is 1. The summed E-state index contributed by atoms with van der Waals surface area (Å²) >= 11 is 5.21. The van der Waals surface area contributed by atoms with E-state index in [2.05, 4.69) is 10.6 Å². The lowest BCUT2D eigenvalue weighted by atomic mass is 10.1. The molecule has 0 fully saturated rings. The fourth-order valence-corrected chi connectivity index (χ4v) is 2.50. The van der Waals surface area contributed by atoms with Gasteiger partial charge >= 0.3 is 0 Å². The predicted octanol–water partition coefficient (Wildman–Crippen LogP) is 3.50. The number of aryl methyl sites for hydroxylation is 2. The Morgan fingerprint density at radius 2 is 1.57 bits per heavy atom. The van der Waals surface area contributed by atoms with Gasteiger partial charge in [0.1, 0.15) is 0 Å². The molecule has 2 aromatic rings. The molecule has 0 saturated carbocycles. The third kappa shape index (κ3) is 4.79. The molecule has 0 saturated heterocycles. The first-order valence-corrected chi connectivity index (χ1v) is 7.74. The number of carbonyl (C=O) groups excluding carboxylic acids is 1. The van der Waals surface area contributed by atoms with Crippen molar-refractivity contribution in [3.8, 4) is 0 Å². The summed E-state index contributed by atoms with van der Waals surface area (Å²) in [6, 6.07) is 13.5. The smallest absolute Gasteiger partial charge is 0.257 e. The standard InChI is InChI=1S/C18H21N3OS/c1-12-9-13(2)11-14(10-12)17(22)20-18(23)19-15-5-7-16(8-6-15)21(3)4/h5-11H,1-4H3,(H2,19,20,22,23). The largest absolute Gasteiger partial charge is 0.378 e. The Labute approximate surface area is 142 Å². The maximum atomic E-state index is 12.2. The highest BCUT2D eigenvalue weighted by Gasteiger charge is 2.09. The predicted molar refractivity (Wildman–Crippen MR) is 100 cm³/mol. The maximum Gasteiger partial charge on any atom is 0.257 e. The average Bonchev–Trinajstić information content (AvgIpc) is 2.46. The summed E-state index contributed by atoms with van der Waals surface area (Å²) in [7, 11) is 3.97. The lowest BCUT2D eigenvalue weighted by molar-refractivity contribution is 0.0977. The van der Waals surface area contributed by atoms with Crippen LogP contribution in [0.2, 0.25) is 0 Å². The third-order valence-corrected chi connectivity index (χ3v) is 3.56. The van der Waals surface area contributed by atoms with Crippen LogP contribution in [-0.4, -0.2) is 25.1 Å². The van der Waals surface area contributed by atoms with Gasteiger partial charge in [-0.3, -0.25) is 10.1 Å². The molecule has 5 heteroatoms. The maximum absolute atomic E-state index is 12.2. The van der Waals surface area contributed by atoms with Gasteiger partial charge in [-0.2, -0.15) is 0 Å². The molecule has 0 aliphatic heterocycles. The second-order valence-corrected chi connectivity index (χ2v) is 6.13. The molecule has 0 aliphatic carbocycles. The Bertz CT molecular complexity index is 703. The highest BCUT2D eigenvalue weighted by atomic mass is 32.1. The van der Waals surface area contributed by atoms with E-state index in [-0.39, 0.29) is 11.0 Å². The molecule has 0 radical (unpaired) electrons. The number of amides is 1. The van der Waals surface area contributed by atoms with Gasteiger partial charge in [0.05, 0.1) is 0 Å². The summed E-state index contributed by atoms with van der Waals surface area (Å²) in [5.74, 6) is -0.209. The number of thiocarbonyl (C=S) groups is 1. The molecule has 2 rings (SSSR count). The van der Waals surface area contributed by atoms with Crippen LogP contribution in [0.4, 0.5) is 11.4 Å². The fourth-order valence-electron chi connectivity index (χ4n) is 2.29. The van der Waals surface area contributed by atoms with Crippen molar-refractivity contribution in [1.82, 2.24) is 5.32 Å². The molecule has 0 unspecified atom stereocenters. The zero-order valence-electron chi connectivity index (χ0n) is 13.8. The van der Waals surface area contributed by atoms with Crippen LogP contribution >= 0.6 is 12.2 Å². The molecular formula is C18H21N3OS. The van der Waals surface area contributed by atoms with E-state index < -0.39 is 0 Å². The van der Waals surface area contributed by atoms with E-state index in [1.165, 1.54) is 0 Å². The van der Waals surface area contributed by atoms with Crippen molar-refractivity contribution in [2.75, 3.05) is 24.3 Å². The number of hydrogen-bond donors (Lipinski definition) is 2. The van der Waals surface area contributed by atoms with E-state index >= 15 is 0 Å². The number of nitrogens with one attached hydrogen (secondary N) is 2. The fraction of sp³-hybridized carbons (Fsp3) is 0.222. The molecule has 23 heavy (non-hydrogen) atoms. The van der Waals surface area contributed by atoms with Gasteiger partial charge in [0.2, 0.25) is 0 Å². The summed E-state index contributed by atoms with van der Waals surface area (Å²) < 4.78 is 0. The molecule has 0 spiro atoms. The number of nitrogens with zero attached hydrogens (tertiary/aromatic N) is 1. The van der Waals surface area contributed by atoms with E-state index in [0.717, 1.165) is 22.5 Å². The summed E-state index contributed by atoms with van der Waals surface area (Å²) in [6.07, 6.45) is 0. The average molecular weight is 327 g/mol. The van der Waals surface area contributed by atoms with E-state index in [1.807, 2.05) is 75.3 Å². The monoisotopic (exact) mass is 327 g/mol. The molecule has 0 atom stereocenters. The van der Waals surface area contributed by atoms with Gasteiger partial charge in [0, 0.05) is 31.0 Å². The van der Waals surface area contributed by atoms with E-state index in [0.29, 0.717) is 5.56 Å². The lowest BCUT2D eigenvalue weighted by Crippen LogP contribution is -2.34. The van der Waals surface area contributed by atoms with Crippen molar-refractivity contribution < 1.29 is 4.79 Å². The quantitative estimate of drug-likeness (QED) is 0.847. The molecular weight excluding hydrogens is 306 g/mol. The van der Waals surface area contributed by atoms with Crippen LogP contribution < -0.4 is 15.5 Å². The van der Waals surface area contributed by atoms with Crippen molar-refractivity contribution in [3.05, 3.63) is 59.2 Å². The Morgan fingerprint density at radius 1 is 1.00 bits per heavy atom. The van der Waals surface area contributed by atoms with Crippen molar-refractivity contribution in [1.29, 1.82) is 0 Å². The SMILES string of the molecule is Cc1cc(C)cc(C(=O)NC(=S)Nc2ccc(N(C)C)cc2)c1. The zero-order chi connectivity index (χ0) is 17.0. The normalized spacial score (nSPS) is 10.1. The van der Waals surface area contributed by atoms with Crippen LogP contribution in [0.15, 0.2) is 42.5 Å². The minimum atomic E-state index is -0.209. The molecule has 0 bridgehead atoms. The van der Waals surface area contributed by atoms with Gasteiger partial charge in [-0.1, -0.05) is 17.2 Å². The molecule has 1 amide bonds. The van der Waals surface area contributed by atoms with Crippen molar-refractivity contribution in [2.45, 2.75) is 13.8 Å². The molecule has 2 N–H and O–H groups in total. The summed E-state index contributed by atoms with van der Waals surface area (Å²) in [4.78, 5) is 14.3. The Balaban J connectivity index is 2.00. The van der Waals surface area contributed by atoms with Gasteiger partial charge in [-0.25, -0.2) is 0 Å². The first-order valence-electron chi connectivity index (χ1n) is 7.33. The van der Waals surface area contributed by atoms with E-state index in [4.69, 9.17) is 12.2 Å². The second-order valence-electron chi connectivity index (χ2n) is 5.73. The number of anilines is 2. The van der Waals surface area contributed by atoms with Gasteiger partial charge in [0.15, 0.2) is 5.11 Å². The van der Waals surface area contributed by atoms with E-state index in [1.54, 1.807) is 0 Å². The summed E-state index contributed by atoms with van der Waals surface area (Å²) in [5, 5.41) is 6.01. The van der Waals surface area contributed by atoms with Crippen molar-refractivity contribution in [2.24, 2.45) is 0 Å². The number of benzene rings is 2. The van der Waals surface area contributed by atoms with Crippen LogP contribution in [-0.2, 0) is 0 Å². The Kier molecular flexibility index (Phi) is 5.34. The van der Waals surface area contributed by atoms with Gasteiger partial charge < -0.3 is 10.2 Å². The van der Waals surface area contributed by atoms with Gasteiger partial charge in [0.25, 0.3) is 5.91 Å². The Morgan fingerprint density at radius 3 is 2.09 bits per heavy atom. The molecule has 120 valence electrons. The van der Waals surface area contributed by atoms with Crippen LogP contribution in [0, 0.1) is 13.8 Å². The number of hydrogen-bond acceptors (Lipinski definition) is 3. The van der Waals surface area contributed by atoms with Gasteiger partial charge in [-0.15, -0.1) is 0 Å². The molecule has 0 aliphatic rings. The first kappa shape index (κ1) is 17.0. The Hall–Kier alpha value is -2.40. The molecule has 0 heterocycles. The van der Waals surface area contributed by atoms with Crippen LogP contribution in [0.3, 0.4) is 0 Å². The van der Waals surface area contributed by atoms with Crippen LogP contribution in [0.1, 0.15) is 21.5 Å². The van der Waals surface area contributed by atoms with E-state index in [9.17, 15) is 4.79 Å². The second kappa shape index (κ2) is 7.24. The minimum Gasteiger partial charge on any atom is -0.378 e. The molecule has 0 aromatic heterocycles. The number of rotatable bonds is 3. The summed E-state index contributed by atoms with van der Waals surface area (Å²) in [5.41, 5.74) is 4.64. The minimum absolute atomic E-state index is 0.209. The van der Waals surface area contributed by atoms with Crippen molar-refractivity contribution >= 4 is 34.6 Å². The van der Waals surface area contributed by atoms with Crippen LogP contribution in [0.5, 0.6) is 0 Å². The first-order chi connectivity index (χ1) is 10.8. The zero-order valence-corrected chi connectivity index (χ0v) is 14.6.